The van der Waals surface area contributed by atoms with E-state index in [1.165, 1.54) is 18.5 Å². The van der Waals surface area contributed by atoms with Crippen molar-refractivity contribution in [3.05, 3.63) is 83.7 Å². The van der Waals surface area contributed by atoms with E-state index in [9.17, 15) is 9.59 Å². The molecule has 148 valence electrons. The van der Waals surface area contributed by atoms with Crippen molar-refractivity contribution < 1.29 is 14.3 Å². The van der Waals surface area contributed by atoms with Gasteiger partial charge in [0.2, 0.25) is 0 Å². The summed E-state index contributed by atoms with van der Waals surface area (Å²) in [6, 6.07) is 16.3. The van der Waals surface area contributed by atoms with Crippen LogP contribution in [-0.2, 0) is 6.42 Å². The molecular weight excluding hydrogens is 366 g/mol. The first-order valence-corrected chi connectivity index (χ1v) is 9.49. The Morgan fingerprint density at radius 1 is 0.862 bits per heavy atom. The molecule has 1 heterocycles. The van der Waals surface area contributed by atoms with Gasteiger partial charge in [0.25, 0.3) is 11.8 Å². The second kappa shape index (κ2) is 9.50. The van der Waals surface area contributed by atoms with Gasteiger partial charge < -0.3 is 15.4 Å². The number of carbonyl (C=O) groups excluding carboxylic acids is 2. The minimum atomic E-state index is -0.367. The molecule has 29 heavy (non-hydrogen) atoms. The van der Waals surface area contributed by atoms with E-state index in [0.717, 1.165) is 17.7 Å². The second-order valence-corrected chi connectivity index (χ2v) is 6.31. The number of pyridine rings is 1. The normalized spacial score (nSPS) is 10.3. The van der Waals surface area contributed by atoms with Crippen molar-refractivity contribution in [1.29, 1.82) is 0 Å². The van der Waals surface area contributed by atoms with Gasteiger partial charge >= 0.3 is 0 Å². The molecule has 1 aromatic heterocycles. The van der Waals surface area contributed by atoms with Crippen molar-refractivity contribution in [1.82, 2.24) is 4.98 Å². The molecule has 0 aliphatic carbocycles. The minimum absolute atomic E-state index is 0.285. The van der Waals surface area contributed by atoms with Gasteiger partial charge in [0.05, 0.1) is 23.4 Å². The smallest absolute Gasteiger partial charge is 0.257 e. The molecule has 0 bridgehead atoms. The zero-order valence-electron chi connectivity index (χ0n) is 16.4. The van der Waals surface area contributed by atoms with Gasteiger partial charge in [-0.05, 0) is 43.2 Å². The minimum Gasteiger partial charge on any atom is -0.492 e. The van der Waals surface area contributed by atoms with Crippen LogP contribution in [0.25, 0.3) is 0 Å². The fourth-order valence-corrected chi connectivity index (χ4v) is 2.88. The van der Waals surface area contributed by atoms with Crippen molar-refractivity contribution in [3.8, 4) is 5.75 Å². The lowest BCUT2D eigenvalue weighted by molar-refractivity contribution is 0.102. The lowest BCUT2D eigenvalue weighted by Crippen LogP contribution is -2.17. The van der Waals surface area contributed by atoms with Gasteiger partial charge in [0, 0.05) is 18.1 Å². The Morgan fingerprint density at radius 3 is 2.10 bits per heavy atom. The molecule has 0 atom stereocenters. The average Bonchev–Trinajstić information content (AvgIpc) is 2.75. The molecule has 0 spiro atoms. The van der Waals surface area contributed by atoms with Gasteiger partial charge in [-0.25, -0.2) is 0 Å². The third-order valence-corrected chi connectivity index (χ3v) is 4.34. The van der Waals surface area contributed by atoms with Crippen molar-refractivity contribution in [2.45, 2.75) is 20.3 Å². The summed E-state index contributed by atoms with van der Waals surface area (Å²) in [5, 5.41) is 5.70. The third kappa shape index (κ3) is 4.99. The van der Waals surface area contributed by atoms with Crippen LogP contribution < -0.4 is 15.4 Å². The van der Waals surface area contributed by atoms with Crippen LogP contribution in [0.2, 0.25) is 0 Å². The summed E-state index contributed by atoms with van der Waals surface area (Å²) in [6.07, 6.45) is 3.67. The zero-order chi connectivity index (χ0) is 20.6. The van der Waals surface area contributed by atoms with Crippen molar-refractivity contribution >= 4 is 23.2 Å². The number of ether oxygens (including phenoxy) is 1. The number of aryl methyl sites for hydroxylation is 1. The van der Waals surface area contributed by atoms with E-state index in [1.54, 1.807) is 12.1 Å². The monoisotopic (exact) mass is 389 g/mol. The molecule has 0 radical (unpaired) electrons. The topological polar surface area (TPSA) is 80.3 Å². The zero-order valence-corrected chi connectivity index (χ0v) is 16.4. The summed E-state index contributed by atoms with van der Waals surface area (Å²) >= 11 is 0. The van der Waals surface area contributed by atoms with Gasteiger partial charge in [-0.15, -0.1) is 0 Å². The van der Waals surface area contributed by atoms with E-state index >= 15 is 0 Å². The molecule has 3 aromatic rings. The summed E-state index contributed by atoms with van der Waals surface area (Å²) < 4.78 is 5.53. The number of aromatic nitrogens is 1. The lowest BCUT2D eigenvalue weighted by atomic mass is 10.1. The summed E-state index contributed by atoms with van der Waals surface area (Å²) in [7, 11) is 0. The van der Waals surface area contributed by atoms with Gasteiger partial charge in [-0.3, -0.25) is 14.6 Å². The first-order valence-electron chi connectivity index (χ1n) is 9.49. The van der Waals surface area contributed by atoms with Crippen LogP contribution >= 0.6 is 0 Å². The highest BCUT2D eigenvalue weighted by Crippen LogP contribution is 2.24. The molecule has 0 aliphatic heterocycles. The fourth-order valence-electron chi connectivity index (χ4n) is 2.88. The third-order valence-electron chi connectivity index (χ3n) is 4.34. The van der Waals surface area contributed by atoms with Crippen molar-refractivity contribution in [3.63, 3.8) is 0 Å². The predicted molar refractivity (Wildman–Crippen MR) is 114 cm³/mol. The number of carbonyl (C=O) groups is 2. The Labute approximate surface area is 169 Å². The molecule has 0 fully saturated rings. The van der Waals surface area contributed by atoms with E-state index in [-0.39, 0.29) is 17.4 Å². The maximum absolute atomic E-state index is 12.7. The van der Waals surface area contributed by atoms with E-state index in [4.69, 9.17) is 4.74 Å². The average molecular weight is 389 g/mol. The molecule has 2 amide bonds. The number of rotatable bonds is 7. The predicted octanol–water partition coefficient (Wildman–Crippen LogP) is 4.55. The lowest BCUT2D eigenvalue weighted by Gasteiger charge is -2.12. The fraction of sp³-hybridized carbons (Fsp3) is 0.174. The molecule has 0 saturated carbocycles. The number of anilines is 2. The van der Waals surface area contributed by atoms with Crippen molar-refractivity contribution in [2.24, 2.45) is 0 Å². The van der Waals surface area contributed by atoms with E-state index < -0.39 is 0 Å². The van der Waals surface area contributed by atoms with Crippen molar-refractivity contribution in [2.75, 3.05) is 17.2 Å². The molecule has 2 aromatic carbocycles. The Balaban J connectivity index is 1.77. The molecule has 2 N–H and O–H groups in total. The number of nitrogens with zero attached hydrogens (tertiary/aromatic N) is 1. The highest BCUT2D eigenvalue weighted by molar-refractivity contribution is 6.08. The summed E-state index contributed by atoms with van der Waals surface area (Å²) in [6.45, 7) is 4.39. The SMILES string of the molecule is CCOc1ccccc1NC(=O)c1cncc(C(=O)Nc2ccccc2CC)c1. The maximum atomic E-state index is 12.7. The molecule has 0 unspecified atom stereocenters. The molecule has 0 aliphatic rings. The van der Waals surface area contributed by atoms with Crippen LogP contribution in [0.3, 0.4) is 0 Å². The highest BCUT2D eigenvalue weighted by Gasteiger charge is 2.14. The summed E-state index contributed by atoms with van der Waals surface area (Å²) in [4.78, 5) is 29.4. The largest absolute Gasteiger partial charge is 0.492 e. The summed E-state index contributed by atoms with van der Waals surface area (Å²) in [5.41, 5.74) is 2.94. The number of nitrogens with one attached hydrogen (secondary N) is 2. The quantitative estimate of drug-likeness (QED) is 0.621. The van der Waals surface area contributed by atoms with E-state index in [0.29, 0.717) is 23.6 Å². The maximum Gasteiger partial charge on any atom is 0.257 e. The van der Waals surface area contributed by atoms with E-state index in [2.05, 4.69) is 15.6 Å². The van der Waals surface area contributed by atoms with Gasteiger partial charge in [-0.2, -0.15) is 0 Å². The number of hydrogen-bond acceptors (Lipinski definition) is 4. The van der Waals surface area contributed by atoms with Crippen LogP contribution in [-0.4, -0.2) is 23.4 Å². The second-order valence-electron chi connectivity index (χ2n) is 6.31. The first-order chi connectivity index (χ1) is 14.1. The van der Waals surface area contributed by atoms with Crippen LogP contribution in [0.15, 0.2) is 67.0 Å². The standard InChI is InChI=1S/C23H23N3O3/c1-3-16-9-5-6-10-19(16)25-22(27)17-13-18(15-24-14-17)23(28)26-20-11-7-8-12-21(20)29-4-2/h5-15H,3-4H2,1-2H3,(H,25,27)(H,26,28). The number of amides is 2. The Bertz CT molecular complexity index is 1020. The molecular formula is C23H23N3O3. The van der Waals surface area contributed by atoms with Crippen LogP contribution in [0.5, 0.6) is 5.75 Å². The highest BCUT2D eigenvalue weighted by atomic mass is 16.5. The number of benzene rings is 2. The molecule has 6 heteroatoms. The number of para-hydroxylation sites is 3. The molecule has 6 nitrogen and oxygen atoms in total. The van der Waals surface area contributed by atoms with Crippen LogP contribution in [0, 0.1) is 0 Å². The number of hydrogen-bond donors (Lipinski definition) is 2. The van der Waals surface area contributed by atoms with Crippen LogP contribution in [0.4, 0.5) is 11.4 Å². The van der Waals surface area contributed by atoms with Crippen LogP contribution in [0.1, 0.15) is 40.1 Å². The Morgan fingerprint density at radius 2 is 1.45 bits per heavy atom. The van der Waals surface area contributed by atoms with Gasteiger partial charge in [0.15, 0.2) is 0 Å². The summed E-state index contributed by atoms with van der Waals surface area (Å²) in [5.74, 6) is -0.0996. The van der Waals surface area contributed by atoms with Gasteiger partial charge in [0.1, 0.15) is 5.75 Å². The molecule has 3 rings (SSSR count). The van der Waals surface area contributed by atoms with Gasteiger partial charge in [-0.1, -0.05) is 37.3 Å². The Kier molecular flexibility index (Phi) is 6.58. The van der Waals surface area contributed by atoms with E-state index in [1.807, 2.05) is 50.2 Å². The Hall–Kier alpha value is -3.67. The first kappa shape index (κ1) is 20.1. The molecule has 0 saturated heterocycles.